The van der Waals surface area contributed by atoms with Crippen molar-refractivity contribution in [2.45, 2.75) is 0 Å². The Morgan fingerprint density at radius 1 is 1.33 bits per heavy atom. The van der Waals surface area contributed by atoms with Gasteiger partial charge in [0.05, 0.1) is 17.2 Å². The summed E-state index contributed by atoms with van der Waals surface area (Å²) < 4.78 is 7.34. The Morgan fingerprint density at radius 3 is 2.67 bits per heavy atom. The van der Waals surface area contributed by atoms with Crippen LogP contribution in [0.5, 0.6) is 5.75 Å². The first-order valence-electron chi connectivity index (χ1n) is 5.33. The Morgan fingerprint density at radius 2 is 2.06 bits per heavy atom. The van der Waals surface area contributed by atoms with Gasteiger partial charge < -0.3 is 9.30 Å². The summed E-state index contributed by atoms with van der Waals surface area (Å²) >= 11 is 3.28. The summed E-state index contributed by atoms with van der Waals surface area (Å²) in [5, 5.41) is 11.5. The SMILES string of the molecule is O=[N+]([O-])c1ccc(OCCBr)c(-n2cccc2)c1. The molecule has 1 aromatic heterocycles. The van der Waals surface area contributed by atoms with E-state index in [1.807, 2.05) is 24.5 Å². The van der Waals surface area contributed by atoms with Crippen molar-refractivity contribution in [2.24, 2.45) is 0 Å². The largest absolute Gasteiger partial charge is 0.491 e. The Hall–Kier alpha value is -1.82. The molecule has 2 aromatic rings. The number of benzene rings is 1. The van der Waals surface area contributed by atoms with Crippen LogP contribution in [-0.2, 0) is 0 Å². The standard InChI is InChI=1S/C12H11BrN2O3/c13-5-8-18-12-4-3-10(15(16)17)9-11(12)14-6-1-2-7-14/h1-4,6-7,9H,5,8H2. The minimum atomic E-state index is -0.415. The molecular weight excluding hydrogens is 300 g/mol. The maximum absolute atomic E-state index is 10.8. The molecule has 0 fully saturated rings. The van der Waals surface area contributed by atoms with Crippen molar-refractivity contribution < 1.29 is 9.66 Å². The Labute approximate surface area is 112 Å². The average Bonchev–Trinajstić information content (AvgIpc) is 2.89. The van der Waals surface area contributed by atoms with Gasteiger partial charge >= 0.3 is 0 Å². The maximum atomic E-state index is 10.8. The van der Waals surface area contributed by atoms with Crippen molar-refractivity contribution in [1.29, 1.82) is 0 Å². The summed E-state index contributed by atoms with van der Waals surface area (Å²) in [5.41, 5.74) is 0.708. The number of nitrogens with zero attached hydrogens (tertiary/aromatic N) is 2. The van der Waals surface area contributed by atoms with Crippen LogP contribution in [-0.4, -0.2) is 21.4 Å². The van der Waals surface area contributed by atoms with E-state index in [0.29, 0.717) is 23.4 Å². The molecule has 0 spiro atoms. The highest BCUT2D eigenvalue weighted by molar-refractivity contribution is 9.09. The van der Waals surface area contributed by atoms with E-state index in [-0.39, 0.29) is 5.69 Å². The molecule has 2 rings (SSSR count). The number of hydrogen-bond donors (Lipinski definition) is 0. The van der Waals surface area contributed by atoms with Crippen LogP contribution in [0.15, 0.2) is 42.7 Å². The second kappa shape index (κ2) is 5.68. The molecular formula is C12H11BrN2O3. The fourth-order valence-electron chi connectivity index (χ4n) is 1.59. The third kappa shape index (κ3) is 2.70. The zero-order valence-corrected chi connectivity index (χ0v) is 11.0. The highest BCUT2D eigenvalue weighted by atomic mass is 79.9. The van der Waals surface area contributed by atoms with E-state index in [4.69, 9.17) is 4.74 Å². The summed E-state index contributed by atoms with van der Waals surface area (Å²) in [4.78, 5) is 10.4. The van der Waals surface area contributed by atoms with E-state index >= 15 is 0 Å². The summed E-state index contributed by atoms with van der Waals surface area (Å²) in [6.07, 6.45) is 3.64. The monoisotopic (exact) mass is 310 g/mol. The van der Waals surface area contributed by atoms with Gasteiger partial charge in [-0.25, -0.2) is 0 Å². The van der Waals surface area contributed by atoms with Crippen molar-refractivity contribution in [3.8, 4) is 11.4 Å². The summed E-state index contributed by atoms with van der Waals surface area (Å²) in [5.74, 6) is 0.622. The van der Waals surface area contributed by atoms with Gasteiger partial charge in [0.1, 0.15) is 5.75 Å². The first-order valence-corrected chi connectivity index (χ1v) is 6.45. The molecule has 0 aliphatic heterocycles. The van der Waals surface area contributed by atoms with Crippen LogP contribution < -0.4 is 4.74 Å². The molecule has 0 radical (unpaired) electrons. The van der Waals surface area contributed by atoms with E-state index in [9.17, 15) is 10.1 Å². The topological polar surface area (TPSA) is 57.3 Å². The zero-order valence-electron chi connectivity index (χ0n) is 9.45. The predicted octanol–water partition coefficient (Wildman–Crippen LogP) is 3.16. The van der Waals surface area contributed by atoms with Crippen LogP contribution in [0.1, 0.15) is 0 Å². The van der Waals surface area contributed by atoms with Gasteiger partial charge in [0.15, 0.2) is 0 Å². The van der Waals surface area contributed by atoms with E-state index in [0.717, 1.165) is 0 Å². The van der Waals surface area contributed by atoms with E-state index in [1.165, 1.54) is 12.1 Å². The number of nitro groups is 1. The smallest absolute Gasteiger partial charge is 0.271 e. The molecule has 0 saturated heterocycles. The molecule has 0 amide bonds. The van der Waals surface area contributed by atoms with Gasteiger partial charge in [0, 0.05) is 29.9 Å². The molecule has 0 N–H and O–H groups in total. The van der Waals surface area contributed by atoms with Gasteiger partial charge in [0.25, 0.3) is 5.69 Å². The van der Waals surface area contributed by atoms with Gasteiger partial charge in [-0.05, 0) is 18.2 Å². The number of aromatic nitrogens is 1. The molecule has 0 atom stereocenters. The third-order valence-corrected chi connectivity index (χ3v) is 2.69. The summed E-state index contributed by atoms with van der Waals surface area (Å²) in [6.45, 7) is 0.506. The quantitative estimate of drug-likeness (QED) is 0.484. The third-order valence-electron chi connectivity index (χ3n) is 2.37. The number of alkyl halides is 1. The van der Waals surface area contributed by atoms with Crippen LogP contribution in [0, 0.1) is 10.1 Å². The highest BCUT2D eigenvalue weighted by Crippen LogP contribution is 2.27. The van der Waals surface area contributed by atoms with Crippen molar-refractivity contribution in [3.63, 3.8) is 0 Å². The minimum absolute atomic E-state index is 0.0462. The van der Waals surface area contributed by atoms with Gasteiger partial charge in [-0.2, -0.15) is 0 Å². The lowest BCUT2D eigenvalue weighted by Crippen LogP contribution is -2.03. The second-order valence-corrected chi connectivity index (χ2v) is 4.33. The van der Waals surface area contributed by atoms with Gasteiger partial charge in [-0.1, -0.05) is 15.9 Å². The molecule has 5 nitrogen and oxygen atoms in total. The van der Waals surface area contributed by atoms with Gasteiger partial charge in [-0.15, -0.1) is 0 Å². The fraction of sp³-hybridized carbons (Fsp3) is 0.167. The number of rotatable bonds is 5. The lowest BCUT2D eigenvalue weighted by molar-refractivity contribution is -0.384. The van der Waals surface area contributed by atoms with E-state index in [2.05, 4.69) is 15.9 Å². The van der Waals surface area contributed by atoms with Crippen molar-refractivity contribution in [3.05, 3.63) is 52.8 Å². The predicted molar refractivity (Wildman–Crippen MR) is 71.7 cm³/mol. The Kier molecular flexibility index (Phi) is 3.99. The van der Waals surface area contributed by atoms with Crippen molar-refractivity contribution in [2.75, 3.05) is 11.9 Å². The van der Waals surface area contributed by atoms with Gasteiger partial charge in [0.2, 0.25) is 0 Å². The van der Waals surface area contributed by atoms with E-state index in [1.54, 1.807) is 10.6 Å². The summed E-state index contributed by atoms with van der Waals surface area (Å²) in [6, 6.07) is 8.27. The van der Waals surface area contributed by atoms with Crippen LogP contribution in [0.25, 0.3) is 5.69 Å². The van der Waals surface area contributed by atoms with E-state index < -0.39 is 4.92 Å². The normalized spacial score (nSPS) is 10.3. The number of hydrogen-bond acceptors (Lipinski definition) is 3. The first kappa shape index (κ1) is 12.6. The molecule has 0 bridgehead atoms. The van der Waals surface area contributed by atoms with Crippen molar-refractivity contribution >= 4 is 21.6 Å². The molecule has 6 heteroatoms. The molecule has 1 aromatic carbocycles. The number of ether oxygens (including phenoxy) is 1. The first-order chi connectivity index (χ1) is 8.72. The molecule has 0 aliphatic carbocycles. The fourth-order valence-corrected chi connectivity index (χ4v) is 1.75. The Balaban J connectivity index is 2.43. The summed E-state index contributed by atoms with van der Waals surface area (Å²) in [7, 11) is 0. The zero-order chi connectivity index (χ0) is 13.0. The average molecular weight is 311 g/mol. The van der Waals surface area contributed by atoms with Gasteiger partial charge in [-0.3, -0.25) is 10.1 Å². The minimum Gasteiger partial charge on any atom is -0.491 e. The molecule has 0 saturated carbocycles. The van der Waals surface area contributed by atoms with Crippen LogP contribution in [0.4, 0.5) is 5.69 Å². The second-order valence-electron chi connectivity index (χ2n) is 3.54. The van der Waals surface area contributed by atoms with Crippen LogP contribution in [0.2, 0.25) is 0 Å². The molecule has 18 heavy (non-hydrogen) atoms. The lowest BCUT2D eigenvalue weighted by Gasteiger charge is -2.11. The number of non-ortho nitro benzene ring substituents is 1. The highest BCUT2D eigenvalue weighted by Gasteiger charge is 2.12. The molecule has 1 heterocycles. The lowest BCUT2D eigenvalue weighted by atomic mass is 10.2. The van der Waals surface area contributed by atoms with Crippen molar-refractivity contribution in [1.82, 2.24) is 4.57 Å². The van der Waals surface area contributed by atoms with Crippen LogP contribution in [0.3, 0.4) is 0 Å². The molecule has 94 valence electrons. The Bertz CT molecular complexity index is 540. The van der Waals surface area contributed by atoms with Crippen LogP contribution >= 0.6 is 15.9 Å². The number of halogens is 1. The molecule has 0 aliphatic rings. The maximum Gasteiger partial charge on any atom is 0.271 e. The number of nitro benzene ring substituents is 1. The molecule has 0 unspecified atom stereocenters.